The summed E-state index contributed by atoms with van der Waals surface area (Å²) in [7, 11) is 1.56. The van der Waals surface area contributed by atoms with E-state index in [-0.39, 0.29) is 36.9 Å². The molecule has 11 heteroatoms. The van der Waals surface area contributed by atoms with Gasteiger partial charge in [0.25, 0.3) is 5.91 Å². The average Bonchev–Trinajstić information content (AvgIpc) is 2.94. The van der Waals surface area contributed by atoms with E-state index in [1.165, 1.54) is 17.0 Å². The number of pyridine rings is 1. The predicted octanol–water partition coefficient (Wildman–Crippen LogP) is 4.13. The number of benzene rings is 2. The standard InChI is InChI=1S/C31H35FN6O4/c1-31(2,3)42-30(41)36-20-27(39)38(4)17-16-35-29(40)25-12-13-26(24-11-6-5-9-22(24)19-33)37-28(25)34-15-14-21-8-7-10-23(32)18-21/h5-13,18H,14-17,20H2,1-4H3,(H,34,37)(H,35,40)(H,36,41). The molecule has 0 spiro atoms. The molecule has 0 bridgehead atoms. The van der Waals surface area contributed by atoms with Gasteiger partial charge in [0.2, 0.25) is 5.91 Å². The van der Waals surface area contributed by atoms with Gasteiger partial charge in [-0.25, -0.2) is 14.2 Å². The number of hydrogen-bond donors (Lipinski definition) is 3. The van der Waals surface area contributed by atoms with Crippen LogP contribution in [0.3, 0.4) is 0 Å². The normalized spacial score (nSPS) is 10.8. The largest absolute Gasteiger partial charge is 0.444 e. The second kappa shape index (κ2) is 14.6. The SMILES string of the molecule is CN(CCNC(=O)c1ccc(-c2ccccc2C#N)nc1NCCc1cccc(F)c1)C(=O)CNC(=O)OC(C)(C)C. The lowest BCUT2D eigenvalue weighted by atomic mass is 10.0. The number of nitriles is 1. The van der Waals surface area contributed by atoms with Crippen molar-refractivity contribution in [1.82, 2.24) is 20.5 Å². The third kappa shape index (κ3) is 9.59. The summed E-state index contributed by atoms with van der Waals surface area (Å²) in [5.41, 5.74) is 1.96. The molecule has 1 aromatic heterocycles. The average molecular weight is 575 g/mol. The second-order valence-corrected chi connectivity index (χ2v) is 10.5. The van der Waals surface area contributed by atoms with E-state index < -0.39 is 17.6 Å². The molecule has 0 radical (unpaired) electrons. The van der Waals surface area contributed by atoms with Crippen LogP contribution in [0.1, 0.15) is 42.3 Å². The maximum Gasteiger partial charge on any atom is 0.408 e. The highest BCUT2D eigenvalue weighted by Crippen LogP contribution is 2.25. The molecule has 0 unspecified atom stereocenters. The third-order valence-corrected chi connectivity index (χ3v) is 6.00. The molecule has 42 heavy (non-hydrogen) atoms. The van der Waals surface area contributed by atoms with Crippen molar-refractivity contribution in [1.29, 1.82) is 5.26 Å². The Labute approximate surface area is 244 Å². The number of nitrogens with zero attached hydrogens (tertiary/aromatic N) is 3. The Balaban J connectivity index is 1.66. The van der Waals surface area contributed by atoms with Crippen LogP contribution in [0.4, 0.5) is 15.0 Å². The van der Waals surface area contributed by atoms with Gasteiger partial charge in [-0.3, -0.25) is 9.59 Å². The summed E-state index contributed by atoms with van der Waals surface area (Å²) < 4.78 is 18.7. The Hall–Kier alpha value is -4.98. The van der Waals surface area contributed by atoms with Crippen molar-refractivity contribution in [3.05, 3.63) is 83.2 Å². The number of carbonyl (C=O) groups excluding carboxylic acids is 3. The fraction of sp³-hybridized carbons (Fsp3) is 0.323. The monoisotopic (exact) mass is 574 g/mol. The Morgan fingerprint density at radius 2 is 1.79 bits per heavy atom. The quantitative estimate of drug-likeness (QED) is 0.313. The Morgan fingerprint density at radius 1 is 1.02 bits per heavy atom. The summed E-state index contributed by atoms with van der Waals surface area (Å²) in [6, 6.07) is 18.7. The van der Waals surface area contributed by atoms with E-state index in [1.54, 1.807) is 70.3 Å². The summed E-state index contributed by atoms with van der Waals surface area (Å²) in [5.74, 6) is -0.786. The van der Waals surface area contributed by atoms with E-state index in [9.17, 15) is 24.0 Å². The molecular weight excluding hydrogens is 539 g/mol. The van der Waals surface area contributed by atoms with Gasteiger partial charge in [-0.2, -0.15) is 5.26 Å². The predicted molar refractivity (Wildman–Crippen MR) is 157 cm³/mol. The van der Waals surface area contributed by atoms with Crippen LogP contribution in [0.2, 0.25) is 0 Å². The molecule has 0 atom stereocenters. The van der Waals surface area contributed by atoms with Gasteiger partial charge >= 0.3 is 6.09 Å². The van der Waals surface area contributed by atoms with Gasteiger partial charge in [0.15, 0.2) is 0 Å². The van der Waals surface area contributed by atoms with Crippen LogP contribution in [0.25, 0.3) is 11.3 Å². The minimum absolute atomic E-state index is 0.148. The van der Waals surface area contributed by atoms with E-state index >= 15 is 0 Å². The molecule has 1 heterocycles. The Kier molecular flexibility index (Phi) is 11.0. The van der Waals surface area contributed by atoms with Gasteiger partial charge in [0.1, 0.15) is 23.8 Å². The molecule has 0 aliphatic carbocycles. The fourth-order valence-corrected chi connectivity index (χ4v) is 3.90. The Morgan fingerprint density at radius 3 is 2.50 bits per heavy atom. The zero-order valence-electron chi connectivity index (χ0n) is 24.2. The summed E-state index contributed by atoms with van der Waals surface area (Å²) in [5, 5.41) is 17.9. The smallest absolute Gasteiger partial charge is 0.408 e. The van der Waals surface area contributed by atoms with Crippen LogP contribution >= 0.6 is 0 Å². The number of carbonyl (C=O) groups is 3. The first kappa shape index (κ1) is 31.5. The van der Waals surface area contributed by atoms with Gasteiger partial charge in [-0.15, -0.1) is 0 Å². The molecule has 10 nitrogen and oxygen atoms in total. The summed E-state index contributed by atoms with van der Waals surface area (Å²) in [6.07, 6.45) is -0.202. The van der Waals surface area contributed by atoms with Crippen LogP contribution in [0.5, 0.6) is 0 Å². The number of likely N-dealkylation sites (N-methyl/N-ethyl adjacent to an activating group) is 1. The molecule has 0 fully saturated rings. The van der Waals surface area contributed by atoms with Crippen molar-refractivity contribution in [3.63, 3.8) is 0 Å². The molecule has 0 saturated heterocycles. The minimum Gasteiger partial charge on any atom is -0.444 e. The van der Waals surface area contributed by atoms with Crippen molar-refractivity contribution >= 4 is 23.7 Å². The van der Waals surface area contributed by atoms with Gasteiger partial charge in [-0.05, 0) is 63.1 Å². The number of anilines is 1. The molecule has 220 valence electrons. The first-order chi connectivity index (χ1) is 20.0. The molecule has 0 aliphatic heterocycles. The van der Waals surface area contributed by atoms with Crippen molar-refractivity contribution in [2.24, 2.45) is 0 Å². The highest BCUT2D eigenvalue weighted by molar-refractivity contribution is 5.99. The van der Waals surface area contributed by atoms with Crippen LogP contribution in [-0.4, -0.2) is 66.6 Å². The number of rotatable bonds is 11. The number of nitrogens with one attached hydrogen (secondary N) is 3. The van der Waals surface area contributed by atoms with Crippen molar-refractivity contribution in [3.8, 4) is 17.3 Å². The maximum atomic E-state index is 13.6. The van der Waals surface area contributed by atoms with E-state index in [1.807, 2.05) is 6.07 Å². The topological polar surface area (TPSA) is 136 Å². The highest BCUT2D eigenvalue weighted by atomic mass is 19.1. The molecule has 3 N–H and O–H groups in total. The summed E-state index contributed by atoms with van der Waals surface area (Å²) in [6.45, 7) is 5.66. The first-order valence-electron chi connectivity index (χ1n) is 13.4. The first-order valence-corrected chi connectivity index (χ1v) is 13.4. The summed E-state index contributed by atoms with van der Waals surface area (Å²) in [4.78, 5) is 43.3. The van der Waals surface area contributed by atoms with E-state index in [2.05, 4.69) is 27.0 Å². The van der Waals surface area contributed by atoms with Crippen molar-refractivity contribution < 1.29 is 23.5 Å². The Bertz CT molecular complexity index is 1460. The van der Waals surface area contributed by atoms with E-state index in [0.29, 0.717) is 35.6 Å². The second-order valence-electron chi connectivity index (χ2n) is 10.5. The van der Waals surface area contributed by atoms with Crippen LogP contribution in [-0.2, 0) is 16.0 Å². The lowest BCUT2D eigenvalue weighted by Crippen LogP contribution is -2.42. The fourth-order valence-electron chi connectivity index (χ4n) is 3.90. The number of halogens is 1. The van der Waals surface area contributed by atoms with Gasteiger partial charge in [0.05, 0.1) is 22.9 Å². The van der Waals surface area contributed by atoms with Crippen LogP contribution in [0.15, 0.2) is 60.7 Å². The van der Waals surface area contributed by atoms with Crippen molar-refractivity contribution in [2.45, 2.75) is 32.8 Å². The minimum atomic E-state index is -0.691. The molecular formula is C31H35FN6O4. The summed E-state index contributed by atoms with van der Waals surface area (Å²) >= 11 is 0. The number of hydrogen-bond acceptors (Lipinski definition) is 7. The maximum absolute atomic E-state index is 13.6. The number of aromatic nitrogens is 1. The lowest BCUT2D eigenvalue weighted by molar-refractivity contribution is -0.128. The molecule has 3 amide bonds. The van der Waals surface area contributed by atoms with Gasteiger partial charge in [-0.1, -0.05) is 30.3 Å². The zero-order valence-corrected chi connectivity index (χ0v) is 24.2. The van der Waals surface area contributed by atoms with Crippen LogP contribution in [0, 0.1) is 17.1 Å². The zero-order chi connectivity index (χ0) is 30.7. The molecule has 0 aliphatic rings. The molecule has 3 aromatic rings. The van der Waals surface area contributed by atoms with E-state index in [0.717, 1.165) is 5.56 Å². The highest BCUT2D eigenvalue weighted by Gasteiger charge is 2.19. The van der Waals surface area contributed by atoms with Crippen LogP contribution < -0.4 is 16.0 Å². The van der Waals surface area contributed by atoms with Gasteiger partial charge < -0.3 is 25.6 Å². The van der Waals surface area contributed by atoms with Gasteiger partial charge in [0, 0.05) is 32.2 Å². The molecule has 2 aromatic carbocycles. The number of alkyl carbamates (subject to hydrolysis) is 1. The molecule has 3 rings (SSSR count). The number of ether oxygens (including phenoxy) is 1. The lowest BCUT2D eigenvalue weighted by Gasteiger charge is -2.21. The third-order valence-electron chi connectivity index (χ3n) is 6.00. The van der Waals surface area contributed by atoms with Crippen molar-refractivity contribution in [2.75, 3.05) is 38.5 Å². The van der Waals surface area contributed by atoms with E-state index in [4.69, 9.17) is 4.74 Å². The molecule has 0 saturated carbocycles. The number of amides is 3.